The highest BCUT2D eigenvalue weighted by Crippen LogP contribution is 2.22. The Labute approximate surface area is 160 Å². The van der Waals surface area contributed by atoms with E-state index in [0.29, 0.717) is 12.0 Å². The molecule has 1 aliphatic carbocycles. The summed E-state index contributed by atoms with van der Waals surface area (Å²) in [7, 11) is 0. The van der Waals surface area contributed by atoms with Crippen LogP contribution in [0.1, 0.15) is 43.0 Å². The van der Waals surface area contributed by atoms with E-state index in [1.54, 1.807) is 12.1 Å². The van der Waals surface area contributed by atoms with Gasteiger partial charge in [0.15, 0.2) is 0 Å². The fourth-order valence-electron chi connectivity index (χ4n) is 3.11. The summed E-state index contributed by atoms with van der Waals surface area (Å²) >= 11 is 0. The average Bonchev–Trinajstić information content (AvgIpc) is 2.71. The molecule has 0 fully saturated rings. The molecular weight excluding hydrogens is 334 g/mol. The Morgan fingerprint density at radius 2 is 2.22 bits per heavy atom. The molecular formula is C23H23N3O. The quantitative estimate of drug-likeness (QED) is 0.815. The second-order valence-electron chi connectivity index (χ2n) is 6.47. The van der Waals surface area contributed by atoms with Crippen molar-refractivity contribution in [2.75, 3.05) is 0 Å². The van der Waals surface area contributed by atoms with Crippen molar-refractivity contribution in [3.05, 3.63) is 59.4 Å². The topological polar surface area (TPSA) is 53.5 Å². The highest BCUT2D eigenvalue weighted by molar-refractivity contribution is 5.99. The van der Waals surface area contributed by atoms with Crippen LogP contribution >= 0.6 is 0 Å². The number of hydrogen-bond donors (Lipinski definition) is 2. The summed E-state index contributed by atoms with van der Waals surface area (Å²) in [5.41, 5.74) is 3.48. The largest absolute Gasteiger partial charge is 0.362 e. The Bertz CT molecular complexity index is 891. The molecule has 0 saturated heterocycles. The standard InChI is InChI=1S/C23H23N3O/c1-3-17-11-7-5-10-14-20-21(16-15-17)25-22(19(4-2)24-20)26-23(27)18-12-8-6-9-13-18/h1,6-9,11-13,17,22,25H,4,14-16H2,2H3,(H,26,27)/b11-7-. The highest BCUT2D eigenvalue weighted by Gasteiger charge is 2.25. The van der Waals surface area contributed by atoms with Crippen molar-refractivity contribution >= 4 is 11.6 Å². The summed E-state index contributed by atoms with van der Waals surface area (Å²) in [5.74, 6) is 8.86. The van der Waals surface area contributed by atoms with E-state index in [2.05, 4.69) is 28.4 Å². The number of hydrogen-bond acceptors (Lipinski definition) is 3. The fraction of sp³-hybridized carbons (Fsp3) is 0.304. The molecule has 0 saturated carbocycles. The molecule has 1 heterocycles. The molecule has 2 unspecified atom stereocenters. The second kappa shape index (κ2) is 8.92. The first-order valence-corrected chi connectivity index (χ1v) is 9.24. The number of rotatable bonds is 3. The molecule has 27 heavy (non-hydrogen) atoms. The number of nitrogens with one attached hydrogen (secondary N) is 2. The number of terminal acetylenes is 1. The first-order valence-electron chi connectivity index (χ1n) is 9.24. The third kappa shape index (κ3) is 4.68. The van der Waals surface area contributed by atoms with E-state index in [4.69, 9.17) is 11.4 Å². The second-order valence-corrected chi connectivity index (χ2v) is 6.47. The first kappa shape index (κ1) is 18.5. The Morgan fingerprint density at radius 1 is 1.41 bits per heavy atom. The Kier molecular flexibility index (Phi) is 6.13. The van der Waals surface area contributed by atoms with E-state index in [0.717, 1.165) is 36.4 Å². The van der Waals surface area contributed by atoms with Crippen LogP contribution < -0.4 is 10.6 Å². The first-order chi connectivity index (χ1) is 13.2. The van der Waals surface area contributed by atoms with Gasteiger partial charge in [-0.1, -0.05) is 49.0 Å². The van der Waals surface area contributed by atoms with Crippen LogP contribution in [0.4, 0.5) is 0 Å². The minimum absolute atomic E-state index is 0.0434. The van der Waals surface area contributed by atoms with Crippen molar-refractivity contribution in [3.8, 4) is 24.2 Å². The van der Waals surface area contributed by atoms with Crippen LogP contribution in [0.15, 0.2) is 58.9 Å². The van der Waals surface area contributed by atoms with E-state index in [1.807, 2.05) is 37.3 Å². The average molecular weight is 357 g/mol. The smallest absolute Gasteiger partial charge is 0.253 e. The fourth-order valence-corrected chi connectivity index (χ4v) is 3.11. The zero-order chi connectivity index (χ0) is 19.1. The molecule has 2 atom stereocenters. The summed E-state index contributed by atoms with van der Waals surface area (Å²) in [6.07, 6.45) is 12.0. The molecule has 1 aliphatic heterocycles. The summed E-state index contributed by atoms with van der Waals surface area (Å²) < 4.78 is 0. The molecule has 1 amide bonds. The number of benzene rings is 1. The van der Waals surface area contributed by atoms with Crippen LogP contribution in [-0.2, 0) is 0 Å². The number of amides is 1. The van der Waals surface area contributed by atoms with Crippen molar-refractivity contribution in [2.24, 2.45) is 10.9 Å². The van der Waals surface area contributed by atoms with Gasteiger partial charge in [-0.05, 0) is 37.5 Å². The maximum atomic E-state index is 12.6. The summed E-state index contributed by atoms with van der Waals surface area (Å²) in [5, 5.41) is 6.53. The summed E-state index contributed by atoms with van der Waals surface area (Å²) in [6, 6.07) is 9.20. The van der Waals surface area contributed by atoms with Crippen LogP contribution in [0.3, 0.4) is 0 Å². The molecule has 0 bridgehead atoms. The van der Waals surface area contributed by atoms with Gasteiger partial charge in [-0.15, -0.1) is 6.42 Å². The van der Waals surface area contributed by atoms with Gasteiger partial charge in [0, 0.05) is 17.2 Å². The maximum Gasteiger partial charge on any atom is 0.253 e. The number of aliphatic imine (C=N–C) groups is 1. The number of allylic oxidation sites excluding steroid dienone is 4. The summed E-state index contributed by atoms with van der Waals surface area (Å²) in [4.78, 5) is 17.4. The molecule has 0 aromatic heterocycles. The number of carbonyl (C=O) groups excluding carboxylic acids is 1. The van der Waals surface area contributed by atoms with Gasteiger partial charge in [-0.3, -0.25) is 9.79 Å². The zero-order valence-electron chi connectivity index (χ0n) is 15.5. The number of nitrogens with zero attached hydrogens (tertiary/aromatic N) is 1. The van der Waals surface area contributed by atoms with E-state index in [-0.39, 0.29) is 18.0 Å². The predicted octanol–water partition coefficient (Wildman–Crippen LogP) is 3.40. The van der Waals surface area contributed by atoms with Gasteiger partial charge < -0.3 is 10.6 Å². The van der Waals surface area contributed by atoms with Gasteiger partial charge in [0.25, 0.3) is 5.91 Å². The molecule has 0 radical (unpaired) electrons. The van der Waals surface area contributed by atoms with Crippen molar-refractivity contribution in [2.45, 2.75) is 38.8 Å². The van der Waals surface area contributed by atoms with Crippen molar-refractivity contribution < 1.29 is 4.79 Å². The lowest BCUT2D eigenvalue weighted by molar-refractivity contribution is 0.0942. The van der Waals surface area contributed by atoms with Gasteiger partial charge in [0.2, 0.25) is 0 Å². The molecule has 3 rings (SSSR count). The number of carbonyl (C=O) groups is 1. The van der Waals surface area contributed by atoms with E-state index in [1.165, 1.54) is 0 Å². The van der Waals surface area contributed by atoms with Crippen LogP contribution in [0.5, 0.6) is 0 Å². The highest BCUT2D eigenvalue weighted by atomic mass is 16.1. The molecule has 1 aromatic carbocycles. The Balaban J connectivity index is 1.81. The van der Waals surface area contributed by atoms with Gasteiger partial charge in [0.1, 0.15) is 6.17 Å². The van der Waals surface area contributed by atoms with E-state index in [9.17, 15) is 4.79 Å². The molecule has 4 nitrogen and oxygen atoms in total. The van der Waals surface area contributed by atoms with Gasteiger partial charge >= 0.3 is 0 Å². The van der Waals surface area contributed by atoms with Crippen LogP contribution in [0, 0.1) is 30.1 Å². The summed E-state index contributed by atoms with van der Waals surface area (Å²) in [6.45, 7) is 2.04. The van der Waals surface area contributed by atoms with Gasteiger partial charge in [-0.2, -0.15) is 0 Å². The lowest BCUT2D eigenvalue weighted by Crippen LogP contribution is -2.52. The van der Waals surface area contributed by atoms with Crippen molar-refractivity contribution in [1.82, 2.24) is 10.6 Å². The van der Waals surface area contributed by atoms with Crippen molar-refractivity contribution in [1.29, 1.82) is 0 Å². The third-order valence-electron chi connectivity index (χ3n) is 4.64. The Hall–Kier alpha value is -3.24. The van der Waals surface area contributed by atoms with Gasteiger partial charge in [0.05, 0.1) is 17.8 Å². The normalized spacial score (nSPS) is 22.7. The molecule has 136 valence electrons. The molecule has 2 aliphatic rings. The van der Waals surface area contributed by atoms with Crippen LogP contribution in [-0.4, -0.2) is 17.8 Å². The van der Waals surface area contributed by atoms with Crippen molar-refractivity contribution in [3.63, 3.8) is 0 Å². The Morgan fingerprint density at radius 3 is 2.96 bits per heavy atom. The lowest BCUT2D eigenvalue weighted by atomic mass is 9.99. The van der Waals surface area contributed by atoms with E-state index >= 15 is 0 Å². The molecule has 1 aromatic rings. The zero-order valence-corrected chi connectivity index (χ0v) is 15.5. The van der Waals surface area contributed by atoms with Crippen LogP contribution in [0.2, 0.25) is 0 Å². The monoisotopic (exact) mass is 357 g/mol. The maximum absolute atomic E-state index is 12.6. The lowest BCUT2D eigenvalue weighted by Gasteiger charge is -2.30. The molecule has 4 heteroatoms. The SMILES string of the molecule is C#CC1/C=C\C#CCC2=C(CC1)NC(NC(=O)c1ccccc1)C(CC)=N2. The van der Waals surface area contributed by atoms with E-state index < -0.39 is 0 Å². The van der Waals surface area contributed by atoms with Crippen LogP contribution in [0.25, 0.3) is 0 Å². The molecule has 2 N–H and O–H groups in total. The van der Waals surface area contributed by atoms with Gasteiger partial charge in [-0.25, -0.2) is 0 Å². The minimum Gasteiger partial charge on any atom is -0.362 e. The molecule has 0 spiro atoms. The third-order valence-corrected chi connectivity index (χ3v) is 4.64. The minimum atomic E-state index is -0.322. The predicted molar refractivity (Wildman–Crippen MR) is 109 cm³/mol.